The van der Waals surface area contributed by atoms with Crippen LogP contribution in [0.5, 0.6) is 0 Å². The number of halogens is 3. The van der Waals surface area contributed by atoms with Crippen LogP contribution in [-0.4, -0.2) is 35.0 Å². The van der Waals surface area contributed by atoms with Crippen LogP contribution < -0.4 is 16.0 Å². The first-order valence-corrected chi connectivity index (χ1v) is 8.54. The molecule has 1 saturated heterocycles. The van der Waals surface area contributed by atoms with Crippen LogP contribution in [0.4, 0.5) is 22.8 Å². The first-order valence-electron chi connectivity index (χ1n) is 8.54. The van der Waals surface area contributed by atoms with Gasteiger partial charge in [-0.05, 0) is 42.0 Å². The second-order valence-corrected chi connectivity index (χ2v) is 7.15. The van der Waals surface area contributed by atoms with Gasteiger partial charge < -0.3 is 15.5 Å². The molecule has 5 amide bonds. The topological polar surface area (TPSA) is 90.5 Å². The number of nitrogens with zero attached hydrogens (tertiary/aromatic N) is 1. The number of benzene rings is 1. The second kappa shape index (κ2) is 5.86. The molecule has 3 N–H and O–H groups in total. The first-order chi connectivity index (χ1) is 12.7. The maximum atomic E-state index is 12.8. The van der Waals surface area contributed by atoms with E-state index in [-0.39, 0.29) is 25.6 Å². The lowest BCUT2D eigenvalue weighted by atomic mass is 9.93. The van der Waals surface area contributed by atoms with E-state index in [2.05, 4.69) is 16.0 Å². The molecule has 4 rings (SSSR count). The van der Waals surface area contributed by atoms with E-state index in [4.69, 9.17) is 0 Å². The maximum absolute atomic E-state index is 12.8. The van der Waals surface area contributed by atoms with Crippen molar-refractivity contribution in [1.29, 1.82) is 0 Å². The van der Waals surface area contributed by atoms with Crippen LogP contribution in [0.1, 0.15) is 29.5 Å². The Kier molecular flexibility index (Phi) is 3.83. The van der Waals surface area contributed by atoms with Crippen molar-refractivity contribution in [3.05, 3.63) is 34.9 Å². The smallest absolute Gasteiger partial charge is 0.335 e. The monoisotopic (exact) mass is 382 g/mol. The van der Waals surface area contributed by atoms with Crippen molar-refractivity contribution >= 4 is 18.0 Å². The Hall–Kier alpha value is -2.78. The van der Waals surface area contributed by atoms with Gasteiger partial charge in [0, 0.05) is 13.1 Å². The lowest BCUT2D eigenvalue weighted by Crippen LogP contribution is -2.58. The average molecular weight is 382 g/mol. The molecule has 0 aromatic heterocycles. The minimum Gasteiger partial charge on any atom is -0.335 e. The molecular weight excluding hydrogens is 365 g/mol. The Balaban J connectivity index is 1.42. The summed E-state index contributed by atoms with van der Waals surface area (Å²) in [4.78, 5) is 37.5. The highest BCUT2D eigenvalue weighted by atomic mass is 19.4. The lowest BCUT2D eigenvalue weighted by molar-refractivity contribution is -0.137. The van der Waals surface area contributed by atoms with Gasteiger partial charge >= 0.3 is 18.2 Å². The summed E-state index contributed by atoms with van der Waals surface area (Å²) in [5, 5.41) is 7.45. The quantitative estimate of drug-likeness (QED) is 0.696. The standard InChI is InChI=1S/C17H17F3N4O3/c18-17(19,20)12-2-1-9-6-24(7-10(9)5-12)15(27)21-8-16(11-3-4-11)13(25)22-14(26)23-16/h1-2,5,11H,3-4,6-8H2,(H,21,27)(H2,22,23,25,26)/t16-/m0/s1. The summed E-state index contributed by atoms with van der Waals surface area (Å²) in [6.45, 7) is 0.184. The number of alkyl halides is 3. The van der Waals surface area contributed by atoms with Crippen LogP contribution in [0.2, 0.25) is 0 Å². The molecule has 1 saturated carbocycles. The van der Waals surface area contributed by atoms with E-state index < -0.39 is 35.2 Å². The summed E-state index contributed by atoms with van der Waals surface area (Å²) >= 11 is 0. The average Bonchev–Trinajstić information content (AvgIpc) is 3.28. The summed E-state index contributed by atoms with van der Waals surface area (Å²) in [7, 11) is 0. The van der Waals surface area contributed by atoms with E-state index >= 15 is 0 Å². The van der Waals surface area contributed by atoms with Gasteiger partial charge in [0.2, 0.25) is 0 Å². The maximum Gasteiger partial charge on any atom is 0.416 e. The van der Waals surface area contributed by atoms with Crippen molar-refractivity contribution in [2.75, 3.05) is 6.54 Å². The molecule has 7 nitrogen and oxygen atoms in total. The van der Waals surface area contributed by atoms with Crippen molar-refractivity contribution in [2.24, 2.45) is 5.92 Å². The molecule has 2 aliphatic heterocycles. The van der Waals surface area contributed by atoms with Gasteiger partial charge in [0.25, 0.3) is 5.91 Å². The molecule has 1 aromatic carbocycles. The van der Waals surface area contributed by atoms with Gasteiger partial charge in [-0.1, -0.05) is 6.07 Å². The van der Waals surface area contributed by atoms with Crippen LogP contribution in [0.15, 0.2) is 18.2 Å². The third-order valence-corrected chi connectivity index (χ3v) is 5.30. The molecule has 2 fully saturated rings. The predicted molar refractivity (Wildman–Crippen MR) is 86.2 cm³/mol. The summed E-state index contributed by atoms with van der Waals surface area (Å²) in [6.07, 6.45) is -2.88. The van der Waals surface area contributed by atoms with Crippen LogP contribution in [0, 0.1) is 5.92 Å². The molecule has 0 radical (unpaired) electrons. The Labute approximate surface area is 152 Å². The number of hydrogen-bond donors (Lipinski definition) is 3. The Morgan fingerprint density at radius 2 is 1.93 bits per heavy atom. The molecule has 0 bridgehead atoms. The van der Waals surface area contributed by atoms with Gasteiger partial charge in [0.1, 0.15) is 5.54 Å². The molecule has 1 atom stereocenters. The third kappa shape index (κ3) is 3.08. The number of amides is 5. The first kappa shape index (κ1) is 17.6. The fraction of sp³-hybridized carbons (Fsp3) is 0.471. The van der Waals surface area contributed by atoms with Crippen molar-refractivity contribution in [3.8, 4) is 0 Å². The van der Waals surface area contributed by atoms with E-state index in [1.54, 1.807) is 0 Å². The Morgan fingerprint density at radius 3 is 2.52 bits per heavy atom. The Bertz CT molecular complexity index is 837. The Morgan fingerprint density at radius 1 is 1.22 bits per heavy atom. The fourth-order valence-electron chi connectivity index (χ4n) is 3.68. The lowest BCUT2D eigenvalue weighted by Gasteiger charge is -2.27. The summed E-state index contributed by atoms with van der Waals surface area (Å²) < 4.78 is 38.5. The van der Waals surface area contributed by atoms with E-state index in [1.165, 1.54) is 11.0 Å². The SMILES string of the molecule is O=C1NC(=O)[C@](CNC(=O)N2Cc3ccc(C(F)(F)F)cc3C2)(C2CC2)N1. The number of hydrogen-bond acceptors (Lipinski definition) is 3. The predicted octanol–water partition coefficient (Wildman–Crippen LogP) is 1.72. The number of rotatable bonds is 3. The highest BCUT2D eigenvalue weighted by Gasteiger charge is 2.56. The molecule has 1 aromatic rings. The van der Waals surface area contributed by atoms with E-state index in [9.17, 15) is 27.6 Å². The number of carbonyl (C=O) groups is 3. The highest BCUT2D eigenvalue weighted by molar-refractivity contribution is 6.07. The van der Waals surface area contributed by atoms with Gasteiger partial charge in [-0.2, -0.15) is 13.2 Å². The summed E-state index contributed by atoms with van der Waals surface area (Å²) in [6, 6.07) is 2.35. The molecule has 144 valence electrons. The van der Waals surface area contributed by atoms with Crippen molar-refractivity contribution < 1.29 is 27.6 Å². The number of carbonyl (C=O) groups excluding carboxylic acids is 3. The number of fused-ring (bicyclic) bond motifs is 1. The molecule has 27 heavy (non-hydrogen) atoms. The molecule has 1 aliphatic carbocycles. The molecule has 10 heteroatoms. The third-order valence-electron chi connectivity index (χ3n) is 5.30. The second-order valence-electron chi connectivity index (χ2n) is 7.15. The molecule has 0 spiro atoms. The van der Waals surface area contributed by atoms with Crippen LogP contribution in [0.25, 0.3) is 0 Å². The largest absolute Gasteiger partial charge is 0.416 e. The zero-order chi connectivity index (χ0) is 19.4. The van der Waals surface area contributed by atoms with E-state index in [0.29, 0.717) is 11.1 Å². The normalized spacial score (nSPS) is 24.5. The van der Waals surface area contributed by atoms with Crippen molar-refractivity contribution in [2.45, 2.75) is 37.6 Å². The number of nitrogens with one attached hydrogen (secondary N) is 3. The van der Waals surface area contributed by atoms with Gasteiger partial charge in [-0.25, -0.2) is 9.59 Å². The molecule has 2 heterocycles. The van der Waals surface area contributed by atoms with Crippen LogP contribution >= 0.6 is 0 Å². The van der Waals surface area contributed by atoms with Gasteiger partial charge in [0.05, 0.1) is 12.1 Å². The highest BCUT2D eigenvalue weighted by Crippen LogP contribution is 2.41. The molecule has 0 unspecified atom stereocenters. The molecular formula is C17H17F3N4O3. The van der Waals surface area contributed by atoms with E-state index in [1.807, 2.05) is 0 Å². The van der Waals surface area contributed by atoms with Crippen molar-refractivity contribution in [3.63, 3.8) is 0 Å². The van der Waals surface area contributed by atoms with E-state index in [0.717, 1.165) is 25.0 Å². The fourth-order valence-corrected chi connectivity index (χ4v) is 3.68. The van der Waals surface area contributed by atoms with Crippen molar-refractivity contribution in [1.82, 2.24) is 20.9 Å². The number of urea groups is 2. The zero-order valence-electron chi connectivity index (χ0n) is 14.2. The number of imide groups is 1. The summed E-state index contributed by atoms with van der Waals surface area (Å²) in [5.74, 6) is -0.496. The minimum atomic E-state index is -4.44. The van der Waals surface area contributed by atoms with Crippen LogP contribution in [-0.2, 0) is 24.1 Å². The van der Waals surface area contributed by atoms with Gasteiger partial charge in [-0.15, -0.1) is 0 Å². The van der Waals surface area contributed by atoms with Gasteiger partial charge in [0.15, 0.2) is 0 Å². The van der Waals surface area contributed by atoms with Crippen LogP contribution in [0.3, 0.4) is 0 Å². The van der Waals surface area contributed by atoms with Gasteiger partial charge in [-0.3, -0.25) is 10.1 Å². The zero-order valence-corrected chi connectivity index (χ0v) is 14.2. The summed E-state index contributed by atoms with van der Waals surface area (Å²) in [5.41, 5.74) is -0.796. The molecule has 3 aliphatic rings. The minimum absolute atomic E-state index is 0.0330.